The van der Waals surface area contributed by atoms with Crippen molar-refractivity contribution < 1.29 is 13.9 Å². The molecule has 1 N–H and O–H groups in total. The number of amides is 1. The number of pyridine rings is 1. The molecule has 0 radical (unpaired) electrons. The summed E-state index contributed by atoms with van der Waals surface area (Å²) in [5.74, 6) is 0.666. The molecular weight excluding hydrogens is 268 g/mol. The number of nitrogens with zero attached hydrogens (tertiary/aromatic N) is 1. The van der Waals surface area contributed by atoms with Crippen molar-refractivity contribution in [3.05, 3.63) is 54.6 Å². The largest absolute Gasteiger partial charge is 0.492 e. The van der Waals surface area contributed by atoms with E-state index in [1.165, 1.54) is 6.26 Å². The Bertz CT molecular complexity index is 766. The summed E-state index contributed by atoms with van der Waals surface area (Å²) in [6.07, 6.45) is 3.16. The van der Waals surface area contributed by atoms with E-state index in [0.717, 1.165) is 10.9 Å². The van der Waals surface area contributed by atoms with Crippen LogP contribution < -0.4 is 10.1 Å². The van der Waals surface area contributed by atoms with Crippen LogP contribution in [-0.2, 0) is 0 Å². The molecule has 21 heavy (non-hydrogen) atoms. The molecule has 0 spiro atoms. The van der Waals surface area contributed by atoms with Gasteiger partial charge in [-0.2, -0.15) is 0 Å². The minimum absolute atomic E-state index is 0.265. The van der Waals surface area contributed by atoms with Crippen LogP contribution in [0, 0.1) is 0 Å². The van der Waals surface area contributed by atoms with E-state index in [2.05, 4.69) is 10.3 Å². The van der Waals surface area contributed by atoms with Crippen LogP contribution in [0.15, 0.2) is 53.3 Å². The van der Waals surface area contributed by atoms with E-state index >= 15 is 0 Å². The highest BCUT2D eigenvalue weighted by molar-refractivity contribution is 6.08. The van der Waals surface area contributed by atoms with Crippen molar-refractivity contribution in [2.75, 3.05) is 11.9 Å². The van der Waals surface area contributed by atoms with Gasteiger partial charge < -0.3 is 14.5 Å². The van der Waals surface area contributed by atoms with E-state index in [1.807, 2.05) is 19.1 Å². The van der Waals surface area contributed by atoms with Crippen LogP contribution in [0.1, 0.15) is 17.5 Å². The molecular formula is C16H14N2O3. The van der Waals surface area contributed by atoms with Gasteiger partial charge in [0.15, 0.2) is 5.76 Å². The van der Waals surface area contributed by atoms with Gasteiger partial charge in [-0.05, 0) is 43.3 Å². The van der Waals surface area contributed by atoms with E-state index < -0.39 is 0 Å². The van der Waals surface area contributed by atoms with Gasteiger partial charge in [-0.15, -0.1) is 0 Å². The van der Waals surface area contributed by atoms with Crippen LogP contribution in [0.5, 0.6) is 5.75 Å². The average Bonchev–Trinajstić information content (AvgIpc) is 3.04. The van der Waals surface area contributed by atoms with Crippen molar-refractivity contribution in [2.24, 2.45) is 0 Å². The van der Waals surface area contributed by atoms with Gasteiger partial charge in [-0.25, -0.2) is 0 Å². The van der Waals surface area contributed by atoms with Crippen LogP contribution in [0.25, 0.3) is 10.9 Å². The molecule has 0 aliphatic heterocycles. The fraction of sp³-hybridized carbons (Fsp3) is 0.125. The van der Waals surface area contributed by atoms with Gasteiger partial charge >= 0.3 is 0 Å². The number of hydrogen-bond donors (Lipinski definition) is 1. The normalized spacial score (nSPS) is 10.5. The Labute approximate surface area is 121 Å². The Hall–Kier alpha value is -2.82. The Morgan fingerprint density at radius 2 is 2.19 bits per heavy atom. The maximum absolute atomic E-state index is 12.1. The first-order valence-corrected chi connectivity index (χ1v) is 6.65. The molecule has 1 amide bonds. The molecule has 0 saturated heterocycles. The van der Waals surface area contributed by atoms with Gasteiger partial charge in [-0.3, -0.25) is 9.78 Å². The lowest BCUT2D eigenvalue weighted by Crippen LogP contribution is -2.11. The summed E-state index contributed by atoms with van der Waals surface area (Å²) in [6.45, 7) is 2.48. The van der Waals surface area contributed by atoms with Crippen molar-refractivity contribution >= 4 is 22.5 Å². The minimum Gasteiger partial charge on any atom is -0.492 e. The Morgan fingerprint density at radius 1 is 1.29 bits per heavy atom. The number of benzene rings is 1. The minimum atomic E-state index is -0.297. The number of fused-ring (bicyclic) bond motifs is 1. The number of ether oxygens (including phenoxy) is 1. The Balaban J connectivity index is 2.00. The molecule has 0 aliphatic carbocycles. The molecule has 3 aromatic rings. The fourth-order valence-corrected chi connectivity index (χ4v) is 2.12. The summed E-state index contributed by atoms with van der Waals surface area (Å²) in [7, 11) is 0. The molecule has 5 nitrogen and oxygen atoms in total. The second kappa shape index (κ2) is 5.66. The SMILES string of the molecule is CCOc1ccc(NC(=O)c2ccco2)c2cccnc12. The average molecular weight is 282 g/mol. The Kier molecular flexibility index (Phi) is 3.55. The summed E-state index contributed by atoms with van der Waals surface area (Å²) in [5.41, 5.74) is 1.39. The highest BCUT2D eigenvalue weighted by Gasteiger charge is 2.13. The second-order valence-corrected chi connectivity index (χ2v) is 4.38. The molecule has 1 aromatic carbocycles. The molecule has 2 heterocycles. The van der Waals surface area contributed by atoms with Gasteiger partial charge in [0.2, 0.25) is 0 Å². The lowest BCUT2D eigenvalue weighted by atomic mass is 10.1. The zero-order valence-electron chi connectivity index (χ0n) is 11.5. The molecule has 2 aromatic heterocycles. The summed E-state index contributed by atoms with van der Waals surface area (Å²) < 4.78 is 10.6. The lowest BCUT2D eigenvalue weighted by molar-refractivity contribution is 0.0997. The molecule has 0 bridgehead atoms. The van der Waals surface area contributed by atoms with Crippen molar-refractivity contribution in [3.8, 4) is 5.75 Å². The molecule has 3 rings (SSSR count). The van der Waals surface area contributed by atoms with E-state index in [0.29, 0.717) is 18.0 Å². The van der Waals surface area contributed by atoms with Gasteiger partial charge in [-0.1, -0.05) is 0 Å². The third-order valence-electron chi connectivity index (χ3n) is 3.03. The van der Waals surface area contributed by atoms with Crippen LogP contribution in [0.3, 0.4) is 0 Å². The molecule has 0 unspecified atom stereocenters. The predicted molar refractivity (Wildman–Crippen MR) is 79.6 cm³/mol. The number of rotatable bonds is 4. The van der Waals surface area contributed by atoms with E-state index in [4.69, 9.17) is 9.15 Å². The molecule has 106 valence electrons. The molecule has 0 atom stereocenters. The van der Waals surface area contributed by atoms with Crippen LogP contribution in [0.2, 0.25) is 0 Å². The maximum Gasteiger partial charge on any atom is 0.291 e. The van der Waals surface area contributed by atoms with Gasteiger partial charge in [0.1, 0.15) is 11.3 Å². The number of carbonyl (C=O) groups is 1. The molecule has 5 heteroatoms. The van der Waals surface area contributed by atoms with Crippen molar-refractivity contribution in [2.45, 2.75) is 6.92 Å². The Morgan fingerprint density at radius 3 is 2.95 bits per heavy atom. The van der Waals surface area contributed by atoms with Crippen LogP contribution >= 0.6 is 0 Å². The summed E-state index contributed by atoms with van der Waals surface area (Å²) in [6, 6.07) is 10.6. The first kappa shape index (κ1) is 13.2. The summed E-state index contributed by atoms with van der Waals surface area (Å²) in [5, 5.41) is 3.65. The monoisotopic (exact) mass is 282 g/mol. The third-order valence-corrected chi connectivity index (χ3v) is 3.03. The third kappa shape index (κ3) is 2.58. The smallest absolute Gasteiger partial charge is 0.291 e. The highest BCUT2D eigenvalue weighted by Crippen LogP contribution is 2.30. The van der Waals surface area contributed by atoms with E-state index in [-0.39, 0.29) is 11.7 Å². The van der Waals surface area contributed by atoms with Crippen LogP contribution in [0.4, 0.5) is 5.69 Å². The second-order valence-electron chi connectivity index (χ2n) is 4.38. The fourth-order valence-electron chi connectivity index (χ4n) is 2.12. The van der Waals surface area contributed by atoms with Crippen LogP contribution in [-0.4, -0.2) is 17.5 Å². The maximum atomic E-state index is 12.1. The topological polar surface area (TPSA) is 64.4 Å². The van der Waals surface area contributed by atoms with Crippen molar-refractivity contribution in [1.29, 1.82) is 0 Å². The number of aromatic nitrogens is 1. The van der Waals surface area contributed by atoms with E-state index in [1.54, 1.807) is 30.5 Å². The quantitative estimate of drug-likeness (QED) is 0.795. The van der Waals surface area contributed by atoms with E-state index in [9.17, 15) is 4.79 Å². The number of anilines is 1. The number of furan rings is 1. The van der Waals surface area contributed by atoms with Gasteiger partial charge in [0, 0.05) is 11.6 Å². The molecule has 0 fully saturated rings. The number of hydrogen-bond acceptors (Lipinski definition) is 4. The summed E-state index contributed by atoms with van der Waals surface area (Å²) in [4.78, 5) is 16.4. The number of carbonyl (C=O) groups excluding carboxylic acids is 1. The van der Waals surface area contributed by atoms with Gasteiger partial charge in [0.05, 0.1) is 18.6 Å². The molecule has 0 saturated carbocycles. The van der Waals surface area contributed by atoms with Crippen molar-refractivity contribution in [1.82, 2.24) is 4.98 Å². The highest BCUT2D eigenvalue weighted by atomic mass is 16.5. The lowest BCUT2D eigenvalue weighted by Gasteiger charge is -2.11. The first-order chi connectivity index (χ1) is 10.3. The predicted octanol–water partition coefficient (Wildman–Crippen LogP) is 3.48. The zero-order chi connectivity index (χ0) is 14.7. The summed E-state index contributed by atoms with van der Waals surface area (Å²) >= 11 is 0. The zero-order valence-corrected chi connectivity index (χ0v) is 11.5. The van der Waals surface area contributed by atoms with Gasteiger partial charge in [0.25, 0.3) is 5.91 Å². The molecule has 0 aliphatic rings. The van der Waals surface area contributed by atoms with Crippen molar-refractivity contribution in [3.63, 3.8) is 0 Å². The number of nitrogens with one attached hydrogen (secondary N) is 1. The first-order valence-electron chi connectivity index (χ1n) is 6.65. The standard InChI is InChI=1S/C16H14N2O3/c1-2-20-13-8-7-12(11-5-3-9-17-15(11)13)18-16(19)14-6-4-10-21-14/h3-10H,2H2,1H3,(H,18,19).